The Labute approximate surface area is 128 Å². The number of aromatic nitrogens is 1. The monoisotopic (exact) mass is 290 g/mol. The first-order valence-electron chi connectivity index (χ1n) is 6.94. The number of benzene rings is 2. The van der Waals surface area contributed by atoms with Crippen LogP contribution < -0.4 is 4.90 Å². The number of anilines is 2. The largest absolute Gasteiger partial charge is 0.335 e. The van der Waals surface area contributed by atoms with Gasteiger partial charge in [0.25, 0.3) is 0 Å². The molecule has 2 aromatic carbocycles. The predicted molar refractivity (Wildman–Crippen MR) is 87.1 cm³/mol. The second-order valence-electron chi connectivity index (χ2n) is 4.98. The van der Waals surface area contributed by atoms with Gasteiger partial charge >= 0.3 is 0 Å². The average Bonchev–Trinajstić information content (AvgIpc) is 2.55. The van der Waals surface area contributed by atoms with Gasteiger partial charge < -0.3 is 4.90 Å². The zero-order valence-electron chi connectivity index (χ0n) is 11.4. The van der Waals surface area contributed by atoms with Gasteiger partial charge in [0.15, 0.2) is 0 Å². The molecule has 0 radical (unpaired) electrons. The highest BCUT2D eigenvalue weighted by atomic mass is 32.2. The molecule has 0 spiro atoms. The molecule has 0 unspecified atom stereocenters. The van der Waals surface area contributed by atoms with Gasteiger partial charge in [-0.1, -0.05) is 36.0 Å². The number of hydrogen-bond donors (Lipinski definition) is 0. The molecule has 3 aromatic rings. The van der Waals surface area contributed by atoms with Crippen molar-refractivity contribution in [1.29, 1.82) is 0 Å². The van der Waals surface area contributed by atoms with Crippen LogP contribution in [0.25, 0.3) is 0 Å². The maximum atomic E-state index is 4.10. The molecule has 1 aliphatic heterocycles. The quantitative estimate of drug-likeness (QED) is 0.669. The molecule has 1 aliphatic rings. The summed E-state index contributed by atoms with van der Waals surface area (Å²) in [5.41, 5.74) is 3.82. The third-order valence-electron chi connectivity index (χ3n) is 3.62. The van der Waals surface area contributed by atoms with Gasteiger partial charge in [-0.2, -0.15) is 0 Å². The molecule has 0 saturated heterocycles. The molecule has 0 atom stereocenters. The third kappa shape index (κ3) is 2.30. The molecule has 4 rings (SSSR count). The molecule has 21 heavy (non-hydrogen) atoms. The molecular formula is C18H14N2S. The van der Waals surface area contributed by atoms with Gasteiger partial charge in [0.05, 0.1) is 11.4 Å². The van der Waals surface area contributed by atoms with Crippen LogP contribution >= 0.6 is 11.8 Å². The Hall–Kier alpha value is -2.26. The van der Waals surface area contributed by atoms with Gasteiger partial charge in [0.1, 0.15) is 0 Å². The molecule has 0 amide bonds. The molecule has 2 nitrogen and oxygen atoms in total. The molecule has 3 heteroatoms. The fourth-order valence-corrected chi connectivity index (χ4v) is 3.72. The molecule has 0 saturated carbocycles. The summed E-state index contributed by atoms with van der Waals surface area (Å²) in [7, 11) is 0. The highest BCUT2D eigenvalue weighted by molar-refractivity contribution is 7.99. The van der Waals surface area contributed by atoms with E-state index in [2.05, 4.69) is 70.5 Å². The molecule has 0 fully saturated rings. The lowest BCUT2D eigenvalue weighted by Crippen LogP contribution is -2.20. The first-order chi connectivity index (χ1) is 10.4. The van der Waals surface area contributed by atoms with Crippen molar-refractivity contribution < 1.29 is 0 Å². The van der Waals surface area contributed by atoms with E-state index in [0.29, 0.717) is 0 Å². The topological polar surface area (TPSA) is 16.1 Å². The van der Waals surface area contributed by atoms with Crippen molar-refractivity contribution in [2.75, 3.05) is 4.90 Å². The van der Waals surface area contributed by atoms with E-state index >= 15 is 0 Å². The van der Waals surface area contributed by atoms with Crippen LogP contribution in [0, 0.1) is 0 Å². The second-order valence-corrected chi connectivity index (χ2v) is 6.06. The SMILES string of the molecule is c1ccc2c(c1)Sc1ccccc1N2Cc1ccncc1. The molecule has 2 heterocycles. The molecule has 0 aliphatic carbocycles. The lowest BCUT2D eigenvalue weighted by molar-refractivity contribution is 0.934. The second kappa shape index (κ2) is 5.26. The number of rotatable bonds is 2. The summed E-state index contributed by atoms with van der Waals surface area (Å²) < 4.78 is 0. The number of nitrogens with zero attached hydrogens (tertiary/aromatic N) is 2. The van der Waals surface area contributed by atoms with E-state index in [4.69, 9.17) is 0 Å². The minimum absolute atomic E-state index is 0.858. The third-order valence-corrected chi connectivity index (χ3v) is 4.75. The summed E-state index contributed by atoms with van der Waals surface area (Å²) >= 11 is 1.84. The number of para-hydroxylation sites is 2. The zero-order chi connectivity index (χ0) is 14.1. The van der Waals surface area contributed by atoms with E-state index in [1.807, 2.05) is 24.2 Å². The van der Waals surface area contributed by atoms with E-state index in [9.17, 15) is 0 Å². The Kier molecular flexibility index (Phi) is 3.13. The van der Waals surface area contributed by atoms with Crippen LogP contribution in [0.4, 0.5) is 11.4 Å². The Morgan fingerprint density at radius 3 is 1.95 bits per heavy atom. The van der Waals surface area contributed by atoms with E-state index in [-0.39, 0.29) is 0 Å². The maximum Gasteiger partial charge on any atom is 0.0556 e. The van der Waals surface area contributed by atoms with Crippen LogP contribution in [0.5, 0.6) is 0 Å². The van der Waals surface area contributed by atoms with Crippen molar-refractivity contribution in [3.8, 4) is 0 Å². The molecule has 0 N–H and O–H groups in total. The van der Waals surface area contributed by atoms with E-state index in [0.717, 1.165) is 6.54 Å². The van der Waals surface area contributed by atoms with E-state index < -0.39 is 0 Å². The summed E-state index contributed by atoms with van der Waals surface area (Å²) in [6.45, 7) is 0.858. The summed E-state index contributed by atoms with van der Waals surface area (Å²) in [5.74, 6) is 0. The number of hydrogen-bond acceptors (Lipinski definition) is 3. The summed E-state index contributed by atoms with van der Waals surface area (Å²) in [4.78, 5) is 9.11. The van der Waals surface area contributed by atoms with Crippen LogP contribution in [-0.2, 0) is 6.54 Å². The molecule has 0 bridgehead atoms. The van der Waals surface area contributed by atoms with Gasteiger partial charge in [-0.05, 0) is 42.0 Å². The standard InChI is InChI=1S/C18H14N2S/c1-3-7-17-15(5-1)20(13-14-9-11-19-12-10-14)16-6-2-4-8-18(16)21-17/h1-12H,13H2. The minimum atomic E-state index is 0.858. The predicted octanol–water partition coefficient (Wildman–Crippen LogP) is 4.88. The van der Waals surface area contributed by atoms with Gasteiger partial charge in [-0.15, -0.1) is 0 Å². The zero-order valence-corrected chi connectivity index (χ0v) is 12.3. The fourth-order valence-electron chi connectivity index (χ4n) is 2.62. The highest BCUT2D eigenvalue weighted by Gasteiger charge is 2.22. The summed E-state index contributed by atoms with van der Waals surface area (Å²) in [5, 5.41) is 0. The van der Waals surface area contributed by atoms with E-state index in [1.165, 1.54) is 26.7 Å². The summed E-state index contributed by atoms with van der Waals surface area (Å²) in [6.07, 6.45) is 3.71. The van der Waals surface area contributed by atoms with Gasteiger partial charge in [0.2, 0.25) is 0 Å². The van der Waals surface area contributed by atoms with Gasteiger partial charge in [-0.25, -0.2) is 0 Å². The Bertz CT molecular complexity index is 725. The van der Waals surface area contributed by atoms with Gasteiger partial charge in [0, 0.05) is 28.7 Å². The van der Waals surface area contributed by atoms with Crippen molar-refractivity contribution in [3.05, 3.63) is 78.6 Å². The van der Waals surface area contributed by atoms with Crippen LogP contribution in [0.15, 0.2) is 82.8 Å². The van der Waals surface area contributed by atoms with Crippen molar-refractivity contribution in [2.24, 2.45) is 0 Å². The van der Waals surface area contributed by atoms with Crippen LogP contribution in [-0.4, -0.2) is 4.98 Å². The highest BCUT2D eigenvalue weighted by Crippen LogP contribution is 2.48. The fraction of sp³-hybridized carbons (Fsp3) is 0.0556. The Morgan fingerprint density at radius 1 is 0.762 bits per heavy atom. The first-order valence-corrected chi connectivity index (χ1v) is 7.76. The van der Waals surface area contributed by atoms with Crippen molar-refractivity contribution >= 4 is 23.1 Å². The number of fused-ring (bicyclic) bond motifs is 2. The van der Waals surface area contributed by atoms with Crippen molar-refractivity contribution in [2.45, 2.75) is 16.3 Å². The van der Waals surface area contributed by atoms with Gasteiger partial charge in [-0.3, -0.25) is 4.98 Å². The summed E-state index contributed by atoms with van der Waals surface area (Å²) in [6, 6.07) is 21.3. The Balaban J connectivity index is 1.82. The van der Waals surface area contributed by atoms with Crippen molar-refractivity contribution in [1.82, 2.24) is 4.98 Å². The molecule has 102 valence electrons. The normalized spacial score (nSPS) is 12.7. The average molecular weight is 290 g/mol. The van der Waals surface area contributed by atoms with Crippen LogP contribution in [0.3, 0.4) is 0 Å². The smallest absolute Gasteiger partial charge is 0.0556 e. The Morgan fingerprint density at radius 2 is 1.33 bits per heavy atom. The minimum Gasteiger partial charge on any atom is -0.335 e. The lowest BCUT2D eigenvalue weighted by Gasteiger charge is -2.32. The van der Waals surface area contributed by atoms with Crippen LogP contribution in [0.1, 0.15) is 5.56 Å². The number of pyridine rings is 1. The maximum absolute atomic E-state index is 4.10. The molecule has 1 aromatic heterocycles. The lowest BCUT2D eigenvalue weighted by atomic mass is 10.2. The molecular weight excluding hydrogens is 276 g/mol. The van der Waals surface area contributed by atoms with E-state index in [1.54, 1.807) is 0 Å². The van der Waals surface area contributed by atoms with Crippen molar-refractivity contribution in [3.63, 3.8) is 0 Å². The first kappa shape index (κ1) is 12.5. The van der Waals surface area contributed by atoms with Crippen LogP contribution in [0.2, 0.25) is 0 Å².